The fourth-order valence-corrected chi connectivity index (χ4v) is 1.93. The summed E-state index contributed by atoms with van der Waals surface area (Å²) >= 11 is 0. The van der Waals surface area contributed by atoms with Gasteiger partial charge in [0.2, 0.25) is 0 Å². The molecule has 1 heterocycles. The second-order valence-corrected chi connectivity index (χ2v) is 4.58. The molecule has 2 aromatic rings. The number of para-hydroxylation sites is 1. The van der Waals surface area contributed by atoms with E-state index in [2.05, 4.69) is 9.71 Å². The van der Waals surface area contributed by atoms with Crippen LogP contribution in [0.3, 0.4) is 0 Å². The molecular formula is C11H10AgN3O2S. The van der Waals surface area contributed by atoms with Crippen molar-refractivity contribution in [3.8, 4) is 11.3 Å². The first kappa shape index (κ1) is 14.9. The number of nitrogens with zero attached hydrogens (tertiary/aromatic N) is 1. The van der Waals surface area contributed by atoms with Gasteiger partial charge in [-0.15, -0.1) is 0 Å². The van der Waals surface area contributed by atoms with Gasteiger partial charge in [-0.05, 0) is 18.2 Å². The first-order chi connectivity index (χ1) is 8.06. The van der Waals surface area contributed by atoms with Gasteiger partial charge in [0.15, 0.2) is 10.2 Å². The first-order valence-electron chi connectivity index (χ1n) is 4.84. The zero-order valence-electron chi connectivity index (χ0n) is 9.09. The van der Waals surface area contributed by atoms with Crippen LogP contribution in [-0.4, -0.2) is 13.4 Å². The Morgan fingerprint density at radius 3 is 2.33 bits per heavy atom. The summed E-state index contributed by atoms with van der Waals surface area (Å²) in [7, 11) is -4.04. The van der Waals surface area contributed by atoms with Crippen LogP contribution in [0.15, 0.2) is 48.7 Å². The van der Waals surface area contributed by atoms with Crippen molar-refractivity contribution in [2.75, 3.05) is 4.72 Å². The summed E-state index contributed by atoms with van der Waals surface area (Å²) in [6.07, 6.45) is 1.63. The molecule has 0 aliphatic rings. The molecular weight excluding hydrogens is 346 g/mol. The van der Waals surface area contributed by atoms with E-state index in [-0.39, 0.29) is 22.4 Å². The maximum absolute atomic E-state index is 10.9. The van der Waals surface area contributed by atoms with Crippen LogP contribution in [0.4, 0.5) is 5.69 Å². The Hall–Kier alpha value is -1.18. The van der Waals surface area contributed by atoms with Crippen LogP contribution in [0.5, 0.6) is 0 Å². The minimum Gasteiger partial charge on any atom is -0.546 e. The average molecular weight is 356 g/mol. The Morgan fingerprint density at radius 1 is 1.06 bits per heavy atom. The number of benzene rings is 1. The molecule has 0 aliphatic heterocycles. The summed E-state index contributed by atoms with van der Waals surface area (Å²) in [6.45, 7) is 0. The van der Waals surface area contributed by atoms with Crippen LogP contribution in [0.1, 0.15) is 0 Å². The quantitative estimate of drug-likeness (QED) is 0.858. The third-order valence-electron chi connectivity index (χ3n) is 2.11. The molecule has 2 rings (SSSR count). The van der Waals surface area contributed by atoms with E-state index in [1.807, 2.05) is 6.07 Å². The molecule has 0 bridgehead atoms. The van der Waals surface area contributed by atoms with E-state index < -0.39 is 10.2 Å². The van der Waals surface area contributed by atoms with Crippen molar-refractivity contribution >= 4 is 15.9 Å². The van der Waals surface area contributed by atoms with E-state index in [4.69, 9.17) is 5.14 Å². The number of hydrogen-bond acceptors (Lipinski definition) is 3. The van der Waals surface area contributed by atoms with E-state index in [9.17, 15) is 8.42 Å². The maximum atomic E-state index is 10.9. The Labute approximate surface area is 121 Å². The van der Waals surface area contributed by atoms with Gasteiger partial charge in [0.05, 0.1) is 11.4 Å². The molecule has 0 aliphatic carbocycles. The monoisotopic (exact) mass is 355 g/mol. The van der Waals surface area contributed by atoms with E-state index in [1.165, 1.54) is 0 Å². The molecule has 0 spiro atoms. The Kier molecular flexibility index (Phi) is 5.06. The van der Waals surface area contributed by atoms with Gasteiger partial charge in [0, 0.05) is 11.8 Å². The van der Waals surface area contributed by atoms with Gasteiger partial charge in [-0.3, -0.25) is 9.71 Å². The maximum Gasteiger partial charge on any atom is 1.00 e. The Morgan fingerprint density at radius 2 is 1.72 bits per heavy atom. The summed E-state index contributed by atoms with van der Waals surface area (Å²) in [5, 5.41) is 6.87. The number of nitrogens with one attached hydrogen (secondary N) is 2. The summed E-state index contributed by atoms with van der Waals surface area (Å²) in [5.41, 5.74) is 1.64. The molecule has 2 N–H and O–H groups in total. The predicted molar refractivity (Wildman–Crippen MR) is 66.5 cm³/mol. The fraction of sp³-hybridized carbons (Fsp3) is 0. The predicted octanol–water partition coefficient (Wildman–Crippen LogP) is 2.46. The van der Waals surface area contributed by atoms with Crippen molar-refractivity contribution in [1.82, 2.24) is 4.98 Å². The molecule has 0 fully saturated rings. The second-order valence-electron chi connectivity index (χ2n) is 3.37. The van der Waals surface area contributed by atoms with Crippen molar-refractivity contribution in [1.29, 1.82) is 0 Å². The van der Waals surface area contributed by atoms with Gasteiger partial charge in [0.25, 0.3) is 0 Å². The van der Waals surface area contributed by atoms with Crippen LogP contribution in [-0.2, 0) is 32.6 Å². The molecule has 1 aromatic carbocycles. The van der Waals surface area contributed by atoms with E-state index in [0.29, 0.717) is 16.9 Å². The summed E-state index contributed by atoms with van der Waals surface area (Å²) in [4.78, 5) is 4.14. The zero-order valence-corrected chi connectivity index (χ0v) is 11.4. The second kappa shape index (κ2) is 6.12. The molecule has 0 saturated heterocycles. The van der Waals surface area contributed by atoms with Crippen LogP contribution in [0.2, 0.25) is 0 Å². The van der Waals surface area contributed by atoms with Crippen LogP contribution >= 0.6 is 0 Å². The van der Waals surface area contributed by atoms with E-state index in [0.717, 1.165) is 0 Å². The molecule has 0 radical (unpaired) electrons. The van der Waals surface area contributed by atoms with Gasteiger partial charge in [-0.1, -0.05) is 24.3 Å². The van der Waals surface area contributed by atoms with Crippen LogP contribution in [0.25, 0.3) is 16.4 Å². The van der Waals surface area contributed by atoms with Gasteiger partial charge in [-0.25, -0.2) is 8.42 Å². The number of pyridine rings is 1. The number of aromatic nitrogens is 1. The molecule has 0 atom stereocenters. The van der Waals surface area contributed by atoms with Crippen molar-refractivity contribution < 1.29 is 30.8 Å². The Balaban J connectivity index is 0.00000162. The molecule has 98 valence electrons. The normalized spacial score (nSPS) is 10.5. The SMILES string of the molecule is [Ag+].[NH-]S(=O)(=O)Nc1ccccc1-c1ccccn1. The van der Waals surface area contributed by atoms with E-state index in [1.54, 1.807) is 42.6 Å². The standard InChI is InChI=1S/C11H10N3O2S.Ag/c12-17(15,16)14-11-7-2-1-5-9(11)10-6-3-4-8-13-10;/h1-8,14H,(H-,12,15,16);/q-1;+1. The average Bonchev–Trinajstić information content (AvgIpc) is 2.29. The van der Waals surface area contributed by atoms with Gasteiger partial charge < -0.3 is 5.14 Å². The molecule has 7 heteroatoms. The molecule has 1 aromatic heterocycles. The van der Waals surface area contributed by atoms with Crippen molar-refractivity contribution in [3.63, 3.8) is 0 Å². The number of rotatable bonds is 3. The molecule has 0 saturated carbocycles. The van der Waals surface area contributed by atoms with Crippen molar-refractivity contribution in [2.24, 2.45) is 0 Å². The fourth-order valence-electron chi connectivity index (χ4n) is 1.46. The summed E-state index contributed by atoms with van der Waals surface area (Å²) in [5.74, 6) is 0. The largest absolute Gasteiger partial charge is 1.00 e. The summed E-state index contributed by atoms with van der Waals surface area (Å²) in [6, 6.07) is 12.2. The minimum atomic E-state index is -4.04. The third-order valence-corrected chi connectivity index (χ3v) is 2.60. The molecule has 0 unspecified atom stereocenters. The number of anilines is 1. The Bertz CT molecular complexity index is 617. The topological polar surface area (TPSA) is 82.9 Å². The summed E-state index contributed by atoms with van der Waals surface area (Å²) < 4.78 is 24.0. The van der Waals surface area contributed by atoms with Crippen LogP contribution < -0.4 is 4.72 Å². The molecule has 0 amide bonds. The van der Waals surface area contributed by atoms with Gasteiger partial charge >= 0.3 is 22.4 Å². The first-order valence-corrected chi connectivity index (χ1v) is 6.32. The van der Waals surface area contributed by atoms with Crippen LogP contribution in [0, 0.1) is 0 Å². The van der Waals surface area contributed by atoms with Crippen molar-refractivity contribution in [3.05, 3.63) is 53.8 Å². The van der Waals surface area contributed by atoms with Gasteiger partial charge in [0.1, 0.15) is 0 Å². The van der Waals surface area contributed by atoms with E-state index >= 15 is 0 Å². The smallest absolute Gasteiger partial charge is 0.546 e. The zero-order chi connectivity index (χ0) is 12.3. The minimum absolute atomic E-state index is 0. The number of hydrogen-bond donors (Lipinski definition) is 1. The molecule has 5 nitrogen and oxygen atoms in total. The van der Waals surface area contributed by atoms with Gasteiger partial charge in [-0.2, -0.15) is 0 Å². The van der Waals surface area contributed by atoms with Crippen molar-refractivity contribution in [2.45, 2.75) is 0 Å². The third kappa shape index (κ3) is 3.94. The molecule has 18 heavy (non-hydrogen) atoms.